The van der Waals surface area contributed by atoms with Crippen LogP contribution < -0.4 is 10.1 Å². The number of carbonyl (C=O) groups excluding carboxylic acids is 3. The number of hydrogen-bond acceptors (Lipinski definition) is 5. The smallest absolute Gasteiger partial charge is 0.262 e. The van der Waals surface area contributed by atoms with Crippen molar-refractivity contribution >= 4 is 55.0 Å². The van der Waals surface area contributed by atoms with Crippen molar-refractivity contribution in [1.29, 1.82) is 0 Å². The van der Waals surface area contributed by atoms with Gasteiger partial charge in [-0.05, 0) is 83.3 Å². The van der Waals surface area contributed by atoms with E-state index in [1.807, 2.05) is 43.3 Å². The van der Waals surface area contributed by atoms with Crippen LogP contribution in [-0.4, -0.2) is 35.5 Å². The lowest BCUT2D eigenvalue weighted by Crippen LogP contribution is -2.44. The van der Waals surface area contributed by atoms with Crippen molar-refractivity contribution in [2.75, 3.05) is 18.5 Å². The number of hydrogen-bond donors (Lipinski definition) is 1. The highest BCUT2D eigenvalue weighted by Gasteiger charge is 2.49. The van der Waals surface area contributed by atoms with Gasteiger partial charge in [0.25, 0.3) is 5.91 Å². The molecule has 1 heterocycles. The first-order chi connectivity index (χ1) is 19.7. The van der Waals surface area contributed by atoms with Gasteiger partial charge in [0.05, 0.1) is 4.47 Å². The van der Waals surface area contributed by atoms with E-state index in [0.29, 0.717) is 52.0 Å². The van der Waals surface area contributed by atoms with Gasteiger partial charge in [-0.3, -0.25) is 14.4 Å². The van der Waals surface area contributed by atoms with E-state index in [2.05, 4.69) is 76.7 Å². The fraction of sp³-hybridized carbons (Fsp3) is 0.441. The summed E-state index contributed by atoms with van der Waals surface area (Å²) in [6, 6.07) is 11.4. The molecular formula is C34H38Br2N2O4. The standard InChI is InChI=1S/C34H38Br2N2O4/c1-7-38-24-14-33(3,4)16-26(39)30(24)29(31-25(38)15-34(5,6)17-27(31)40)22-12-20(35)13-23(36)32(22)42-18-28(41)37-21-10-8-9-19(2)11-21/h8-13,29H,7,14-18H2,1-6H3,(H,37,41). The average molecular weight is 698 g/mol. The van der Waals surface area contributed by atoms with Crippen LogP contribution in [0.3, 0.4) is 0 Å². The fourth-order valence-electron chi connectivity index (χ4n) is 6.75. The molecule has 0 unspecified atom stereocenters. The van der Waals surface area contributed by atoms with Crippen molar-refractivity contribution in [3.05, 3.63) is 79.0 Å². The number of carbonyl (C=O) groups is 3. The van der Waals surface area contributed by atoms with E-state index >= 15 is 0 Å². The Kier molecular flexibility index (Phi) is 8.36. The zero-order valence-corrected chi connectivity index (χ0v) is 28.3. The number of ketones is 2. The van der Waals surface area contributed by atoms with Crippen molar-refractivity contribution in [3.8, 4) is 5.75 Å². The molecule has 8 heteroatoms. The third-order valence-electron chi connectivity index (χ3n) is 8.34. The molecule has 0 saturated carbocycles. The maximum Gasteiger partial charge on any atom is 0.262 e. The van der Waals surface area contributed by atoms with Crippen LogP contribution >= 0.6 is 31.9 Å². The second-order valence-corrected chi connectivity index (χ2v) is 15.1. The molecule has 0 saturated heterocycles. The number of aryl methyl sites for hydroxylation is 1. The Hall–Kier alpha value is -2.71. The molecule has 0 radical (unpaired) electrons. The van der Waals surface area contributed by atoms with Gasteiger partial charge in [0.2, 0.25) is 0 Å². The lowest BCUT2D eigenvalue weighted by Gasteiger charge is -2.49. The number of Topliss-reactive ketones (excluding diaryl/α,β-unsaturated/α-hetero) is 2. The molecule has 0 fully saturated rings. The van der Waals surface area contributed by atoms with Crippen molar-refractivity contribution in [1.82, 2.24) is 4.90 Å². The monoisotopic (exact) mass is 696 g/mol. The van der Waals surface area contributed by atoms with Crippen LogP contribution in [0.4, 0.5) is 5.69 Å². The van der Waals surface area contributed by atoms with Gasteiger partial charge in [0, 0.05) is 63.6 Å². The minimum absolute atomic E-state index is 0.0631. The number of allylic oxidation sites excluding steroid dienone is 4. The van der Waals surface area contributed by atoms with Gasteiger partial charge < -0.3 is 15.0 Å². The average Bonchev–Trinajstić information content (AvgIpc) is 2.85. The second kappa shape index (κ2) is 11.4. The highest BCUT2D eigenvalue weighted by molar-refractivity contribution is 9.11. The van der Waals surface area contributed by atoms with Gasteiger partial charge in [-0.15, -0.1) is 0 Å². The number of amides is 1. The first-order valence-corrected chi connectivity index (χ1v) is 16.1. The maximum absolute atomic E-state index is 14.0. The Morgan fingerprint density at radius 2 is 1.55 bits per heavy atom. The summed E-state index contributed by atoms with van der Waals surface area (Å²) in [6.07, 6.45) is 2.31. The van der Waals surface area contributed by atoms with E-state index in [0.717, 1.165) is 34.3 Å². The summed E-state index contributed by atoms with van der Waals surface area (Å²) in [4.78, 5) is 43.2. The normalized spacial score (nSPS) is 20.0. The highest BCUT2D eigenvalue weighted by Crippen LogP contribution is 2.56. The van der Waals surface area contributed by atoms with Crippen LogP contribution in [0.2, 0.25) is 0 Å². The van der Waals surface area contributed by atoms with Gasteiger partial charge >= 0.3 is 0 Å². The zero-order valence-electron chi connectivity index (χ0n) is 25.1. The molecule has 1 amide bonds. The topological polar surface area (TPSA) is 75.7 Å². The van der Waals surface area contributed by atoms with Gasteiger partial charge in [0.15, 0.2) is 18.2 Å². The van der Waals surface area contributed by atoms with E-state index in [-0.39, 0.29) is 34.9 Å². The fourth-order valence-corrected chi connectivity index (χ4v) is 8.12. The predicted octanol–water partition coefficient (Wildman–Crippen LogP) is 8.24. The van der Waals surface area contributed by atoms with E-state index in [4.69, 9.17) is 4.74 Å². The van der Waals surface area contributed by atoms with Gasteiger partial charge in [-0.1, -0.05) is 55.8 Å². The molecule has 5 rings (SSSR count). The molecular weight excluding hydrogens is 660 g/mol. The minimum atomic E-state index is -0.575. The van der Waals surface area contributed by atoms with Crippen LogP contribution in [0.15, 0.2) is 67.9 Å². The van der Waals surface area contributed by atoms with E-state index in [1.165, 1.54) is 0 Å². The van der Waals surface area contributed by atoms with E-state index < -0.39 is 5.92 Å². The predicted molar refractivity (Wildman–Crippen MR) is 172 cm³/mol. The van der Waals surface area contributed by atoms with Crippen molar-refractivity contribution in [2.45, 2.75) is 73.1 Å². The summed E-state index contributed by atoms with van der Waals surface area (Å²) in [7, 11) is 0. The minimum Gasteiger partial charge on any atom is -0.482 e. The maximum atomic E-state index is 14.0. The van der Waals surface area contributed by atoms with Gasteiger partial charge in [-0.2, -0.15) is 0 Å². The third kappa shape index (κ3) is 6.02. The zero-order chi connectivity index (χ0) is 30.6. The molecule has 1 aliphatic heterocycles. The Morgan fingerprint density at radius 3 is 2.10 bits per heavy atom. The first kappa shape index (κ1) is 30.7. The second-order valence-electron chi connectivity index (χ2n) is 13.3. The summed E-state index contributed by atoms with van der Waals surface area (Å²) in [6.45, 7) is 13.0. The lowest BCUT2D eigenvalue weighted by atomic mass is 9.63. The largest absolute Gasteiger partial charge is 0.482 e. The highest BCUT2D eigenvalue weighted by atomic mass is 79.9. The molecule has 2 aliphatic carbocycles. The summed E-state index contributed by atoms with van der Waals surface area (Å²) < 4.78 is 7.67. The molecule has 0 spiro atoms. The quantitative estimate of drug-likeness (QED) is 0.329. The van der Waals surface area contributed by atoms with Gasteiger partial charge in [0.1, 0.15) is 5.75 Å². The Balaban J connectivity index is 1.63. The number of anilines is 1. The summed E-state index contributed by atoms with van der Waals surface area (Å²) in [5, 5.41) is 2.90. The molecule has 222 valence electrons. The SMILES string of the molecule is CCN1C2=C(C(=O)CC(C)(C)C2)C(c2cc(Br)cc(Br)c2OCC(=O)Nc2cccc(C)c2)C2=C1CC(C)(C)CC2=O. The molecule has 2 aromatic carbocycles. The number of ether oxygens (including phenoxy) is 1. The molecule has 42 heavy (non-hydrogen) atoms. The number of halogens is 2. The molecule has 0 atom stereocenters. The molecule has 1 N–H and O–H groups in total. The Morgan fingerprint density at radius 1 is 0.952 bits per heavy atom. The van der Waals surface area contributed by atoms with Gasteiger partial charge in [-0.25, -0.2) is 0 Å². The van der Waals surface area contributed by atoms with Crippen LogP contribution in [-0.2, 0) is 14.4 Å². The Labute approximate surface area is 265 Å². The molecule has 3 aliphatic rings. The molecule has 0 bridgehead atoms. The van der Waals surface area contributed by atoms with E-state index in [1.54, 1.807) is 0 Å². The summed E-state index contributed by atoms with van der Waals surface area (Å²) >= 11 is 7.30. The number of nitrogens with one attached hydrogen (secondary N) is 1. The Bertz CT molecular complexity index is 1500. The number of rotatable bonds is 6. The van der Waals surface area contributed by atoms with Crippen molar-refractivity contribution < 1.29 is 19.1 Å². The number of nitrogens with zero attached hydrogens (tertiary/aromatic N) is 1. The third-order valence-corrected chi connectivity index (χ3v) is 9.38. The van der Waals surface area contributed by atoms with Crippen molar-refractivity contribution in [2.24, 2.45) is 10.8 Å². The van der Waals surface area contributed by atoms with Crippen LogP contribution in [0.1, 0.15) is 77.3 Å². The van der Waals surface area contributed by atoms with Crippen LogP contribution in [0, 0.1) is 17.8 Å². The summed E-state index contributed by atoms with van der Waals surface area (Å²) in [5.41, 5.74) is 5.44. The molecule has 0 aromatic heterocycles. The van der Waals surface area contributed by atoms with Crippen LogP contribution in [0.25, 0.3) is 0 Å². The lowest BCUT2D eigenvalue weighted by molar-refractivity contribution is -0.120. The number of benzene rings is 2. The molecule has 6 nitrogen and oxygen atoms in total. The van der Waals surface area contributed by atoms with E-state index in [9.17, 15) is 14.4 Å². The molecule has 2 aromatic rings. The van der Waals surface area contributed by atoms with Crippen molar-refractivity contribution in [3.63, 3.8) is 0 Å². The first-order valence-electron chi connectivity index (χ1n) is 14.5. The summed E-state index contributed by atoms with van der Waals surface area (Å²) in [5.74, 6) is -0.288. The van der Waals surface area contributed by atoms with Crippen LogP contribution in [0.5, 0.6) is 5.75 Å².